The van der Waals surface area contributed by atoms with Crippen molar-refractivity contribution in [2.75, 3.05) is 37.4 Å². The highest BCUT2D eigenvalue weighted by Crippen LogP contribution is 2.58. The fraction of sp³-hybridized carbons (Fsp3) is 0.562. The molecule has 1 spiro atoms. The normalized spacial score (nSPS) is 22.9. The van der Waals surface area contributed by atoms with Crippen LogP contribution in [0.1, 0.15) is 19.3 Å². The zero-order valence-corrected chi connectivity index (χ0v) is 13.3. The summed E-state index contributed by atoms with van der Waals surface area (Å²) in [6, 6.07) is 5.61. The minimum atomic E-state index is 0.141. The second kappa shape index (κ2) is 5.50. The van der Waals surface area contributed by atoms with Crippen LogP contribution in [0.5, 0.6) is 0 Å². The molecule has 1 saturated heterocycles. The number of piperidine rings is 1. The number of hydrogen-bond acceptors (Lipinski definition) is 3. The predicted molar refractivity (Wildman–Crippen MR) is 87.1 cm³/mol. The van der Waals surface area contributed by atoms with Crippen LogP contribution in [0, 0.1) is 11.3 Å². The lowest BCUT2D eigenvalue weighted by Gasteiger charge is -2.23. The summed E-state index contributed by atoms with van der Waals surface area (Å²) in [5, 5.41) is 7.09. The summed E-state index contributed by atoms with van der Waals surface area (Å²) in [5.74, 6) is 0.302. The van der Waals surface area contributed by atoms with Crippen LogP contribution in [0.4, 0.5) is 11.4 Å². The van der Waals surface area contributed by atoms with E-state index in [0.717, 1.165) is 43.7 Å². The number of amides is 1. The van der Waals surface area contributed by atoms with Gasteiger partial charge in [0.05, 0.1) is 11.4 Å². The third kappa shape index (κ3) is 2.87. The minimum absolute atomic E-state index is 0.141. The first-order valence-electron chi connectivity index (χ1n) is 7.50. The van der Waals surface area contributed by atoms with Crippen molar-refractivity contribution in [3.8, 4) is 0 Å². The van der Waals surface area contributed by atoms with Crippen LogP contribution >= 0.6 is 11.6 Å². The van der Waals surface area contributed by atoms with Gasteiger partial charge in [-0.1, -0.05) is 11.6 Å². The average molecular weight is 308 g/mol. The van der Waals surface area contributed by atoms with Crippen molar-refractivity contribution in [3.05, 3.63) is 23.2 Å². The maximum Gasteiger partial charge on any atom is 0.228 e. The molecule has 3 rings (SSSR count). The molecule has 1 heterocycles. The van der Waals surface area contributed by atoms with Crippen molar-refractivity contribution >= 4 is 28.9 Å². The number of anilines is 2. The highest BCUT2D eigenvalue weighted by atomic mass is 35.5. The molecule has 0 radical (unpaired) electrons. The third-order valence-electron chi connectivity index (χ3n) is 4.80. The molecule has 114 valence electrons. The number of nitrogens with one attached hydrogen (secondary N) is 2. The lowest BCUT2D eigenvalue weighted by atomic mass is 9.92. The minimum Gasteiger partial charge on any atom is -0.376 e. The summed E-state index contributed by atoms with van der Waals surface area (Å²) in [6.07, 6.45) is 3.25. The molecule has 2 aliphatic rings. The monoisotopic (exact) mass is 307 g/mol. The molecular formula is C16H22ClN3O. The van der Waals surface area contributed by atoms with Crippen LogP contribution < -0.4 is 15.5 Å². The topological polar surface area (TPSA) is 44.4 Å². The molecule has 5 heteroatoms. The quantitative estimate of drug-likeness (QED) is 0.902. The number of nitrogens with zero attached hydrogens (tertiary/aromatic N) is 1. The van der Waals surface area contributed by atoms with Gasteiger partial charge in [-0.15, -0.1) is 0 Å². The van der Waals surface area contributed by atoms with E-state index in [4.69, 9.17) is 11.6 Å². The number of hydrogen-bond donors (Lipinski definition) is 2. The first kappa shape index (κ1) is 14.7. The Morgan fingerprint density at radius 3 is 2.76 bits per heavy atom. The summed E-state index contributed by atoms with van der Waals surface area (Å²) in [4.78, 5) is 14.5. The molecule has 0 aromatic heterocycles. The van der Waals surface area contributed by atoms with Gasteiger partial charge in [-0.25, -0.2) is 0 Å². The molecule has 1 amide bonds. The van der Waals surface area contributed by atoms with Crippen molar-refractivity contribution in [2.45, 2.75) is 19.3 Å². The van der Waals surface area contributed by atoms with Gasteiger partial charge in [-0.05, 0) is 56.0 Å². The SMILES string of the molecule is CN(C)c1ccc(Cl)cc1NC(=O)C1CC12CCNCC2. The van der Waals surface area contributed by atoms with Crippen LogP contribution in [0.3, 0.4) is 0 Å². The van der Waals surface area contributed by atoms with Gasteiger partial charge in [0.25, 0.3) is 0 Å². The smallest absolute Gasteiger partial charge is 0.228 e. The lowest BCUT2D eigenvalue weighted by molar-refractivity contribution is -0.118. The van der Waals surface area contributed by atoms with Gasteiger partial charge >= 0.3 is 0 Å². The van der Waals surface area contributed by atoms with E-state index in [-0.39, 0.29) is 17.2 Å². The molecule has 4 nitrogen and oxygen atoms in total. The van der Waals surface area contributed by atoms with Crippen LogP contribution in [-0.2, 0) is 4.79 Å². The summed E-state index contributed by atoms with van der Waals surface area (Å²) in [5.41, 5.74) is 2.04. The van der Waals surface area contributed by atoms with Gasteiger partial charge in [-0.3, -0.25) is 4.79 Å². The van der Waals surface area contributed by atoms with Gasteiger partial charge < -0.3 is 15.5 Å². The van der Waals surface area contributed by atoms with E-state index in [0.29, 0.717) is 5.02 Å². The van der Waals surface area contributed by atoms with Gasteiger partial charge in [0, 0.05) is 25.0 Å². The van der Waals surface area contributed by atoms with Gasteiger partial charge in [0.1, 0.15) is 0 Å². The zero-order valence-electron chi connectivity index (χ0n) is 12.6. The number of rotatable bonds is 3. The maximum atomic E-state index is 12.5. The molecule has 0 bridgehead atoms. The van der Waals surface area contributed by atoms with Gasteiger partial charge in [0.2, 0.25) is 5.91 Å². The average Bonchev–Trinajstić information content (AvgIpc) is 3.13. The highest BCUT2D eigenvalue weighted by Gasteiger charge is 2.57. The molecule has 1 unspecified atom stereocenters. The fourth-order valence-corrected chi connectivity index (χ4v) is 3.59. The third-order valence-corrected chi connectivity index (χ3v) is 5.04. The van der Waals surface area contributed by atoms with E-state index in [1.165, 1.54) is 0 Å². The highest BCUT2D eigenvalue weighted by molar-refractivity contribution is 6.31. The summed E-state index contributed by atoms with van der Waals surface area (Å²) >= 11 is 6.06. The Hall–Kier alpha value is -1.26. The molecule has 1 atom stereocenters. The van der Waals surface area contributed by atoms with E-state index >= 15 is 0 Å². The second-order valence-electron chi connectivity index (χ2n) is 6.41. The van der Waals surface area contributed by atoms with Gasteiger partial charge in [-0.2, -0.15) is 0 Å². The largest absolute Gasteiger partial charge is 0.376 e. The molecule has 1 aromatic rings. The molecule has 1 aliphatic heterocycles. The predicted octanol–water partition coefficient (Wildman–Crippen LogP) is 2.73. The Bertz CT molecular complexity index is 552. The summed E-state index contributed by atoms with van der Waals surface area (Å²) < 4.78 is 0. The molecule has 1 saturated carbocycles. The van der Waals surface area contributed by atoms with E-state index < -0.39 is 0 Å². The standard InChI is InChI=1S/C16H22ClN3O/c1-20(2)14-4-3-11(17)9-13(14)19-15(21)12-10-16(12)5-7-18-8-6-16/h3-4,9,12,18H,5-8,10H2,1-2H3,(H,19,21). The van der Waals surface area contributed by atoms with Crippen molar-refractivity contribution in [1.82, 2.24) is 5.32 Å². The number of halogens is 1. The van der Waals surface area contributed by atoms with E-state index in [1.807, 2.05) is 37.2 Å². The first-order valence-corrected chi connectivity index (χ1v) is 7.88. The lowest BCUT2D eigenvalue weighted by Crippen LogP contribution is -2.31. The fourth-order valence-electron chi connectivity index (χ4n) is 3.41. The van der Waals surface area contributed by atoms with Crippen molar-refractivity contribution in [2.24, 2.45) is 11.3 Å². The van der Waals surface area contributed by atoms with E-state index in [1.54, 1.807) is 0 Å². The molecule has 2 N–H and O–H groups in total. The van der Waals surface area contributed by atoms with Gasteiger partial charge in [0.15, 0.2) is 0 Å². The Kier molecular flexibility index (Phi) is 3.84. The zero-order chi connectivity index (χ0) is 15.0. The van der Waals surface area contributed by atoms with Crippen LogP contribution in [-0.4, -0.2) is 33.1 Å². The Labute approximate surface area is 130 Å². The Morgan fingerprint density at radius 1 is 1.38 bits per heavy atom. The number of carbonyl (C=O) groups is 1. The summed E-state index contributed by atoms with van der Waals surface area (Å²) in [6.45, 7) is 2.06. The van der Waals surface area contributed by atoms with E-state index in [9.17, 15) is 4.79 Å². The number of carbonyl (C=O) groups excluding carboxylic acids is 1. The molecule has 21 heavy (non-hydrogen) atoms. The molecular weight excluding hydrogens is 286 g/mol. The first-order chi connectivity index (χ1) is 10.0. The summed E-state index contributed by atoms with van der Waals surface area (Å²) in [7, 11) is 3.93. The Balaban J connectivity index is 1.72. The van der Waals surface area contributed by atoms with E-state index in [2.05, 4.69) is 10.6 Å². The molecule has 2 fully saturated rings. The van der Waals surface area contributed by atoms with Crippen molar-refractivity contribution in [1.29, 1.82) is 0 Å². The van der Waals surface area contributed by atoms with Crippen LogP contribution in [0.15, 0.2) is 18.2 Å². The molecule has 1 aliphatic carbocycles. The van der Waals surface area contributed by atoms with Crippen molar-refractivity contribution < 1.29 is 4.79 Å². The van der Waals surface area contributed by atoms with Crippen molar-refractivity contribution in [3.63, 3.8) is 0 Å². The Morgan fingerprint density at radius 2 is 2.10 bits per heavy atom. The number of benzene rings is 1. The van der Waals surface area contributed by atoms with Crippen LogP contribution in [0.2, 0.25) is 5.02 Å². The van der Waals surface area contributed by atoms with Crippen LogP contribution in [0.25, 0.3) is 0 Å². The molecule has 1 aromatic carbocycles. The maximum absolute atomic E-state index is 12.5. The second-order valence-corrected chi connectivity index (χ2v) is 6.85.